The molecular formula is C19H20N2O3S. The fourth-order valence-corrected chi connectivity index (χ4v) is 3.66. The topological polar surface area (TPSA) is 67.4 Å². The summed E-state index contributed by atoms with van der Waals surface area (Å²) in [6, 6.07) is 12.8. The normalized spacial score (nSPS) is 17.2. The number of benzene rings is 2. The van der Waals surface area contributed by atoms with Gasteiger partial charge in [-0.25, -0.2) is 0 Å². The Labute approximate surface area is 151 Å². The highest BCUT2D eigenvalue weighted by molar-refractivity contribution is 8.00. The molecule has 0 spiro atoms. The number of amides is 2. The lowest BCUT2D eigenvalue weighted by atomic mass is 10.1. The molecular weight excluding hydrogens is 336 g/mol. The van der Waals surface area contributed by atoms with Crippen molar-refractivity contribution in [1.29, 1.82) is 0 Å². The van der Waals surface area contributed by atoms with Crippen LogP contribution in [0, 0.1) is 0 Å². The van der Waals surface area contributed by atoms with Crippen molar-refractivity contribution in [2.75, 3.05) is 12.4 Å². The minimum absolute atomic E-state index is 0.0440. The predicted octanol–water partition coefficient (Wildman–Crippen LogP) is 3.62. The van der Waals surface area contributed by atoms with Crippen LogP contribution < -0.4 is 15.4 Å². The third-order valence-electron chi connectivity index (χ3n) is 4.13. The molecule has 2 N–H and O–H groups in total. The fraction of sp³-hybridized carbons (Fsp3) is 0.263. The first kappa shape index (κ1) is 17.4. The number of para-hydroxylation sites is 1. The summed E-state index contributed by atoms with van der Waals surface area (Å²) in [6.45, 7) is 3.77. The number of nitrogens with one attached hydrogen (secondary N) is 2. The number of rotatable bonds is 4. The molecule has 2 atom stereocenters. The summed E-state index contributed by atoms with van der Waals surface area (Å²) in [6.07, 6.45) is 0. The van der Waals surface area contributed by atoms with Crippen LogP contribution in [0.3, 0.4) is 0 Å². The second kappa shape index (κ2) is 7.19. The van der Waals surface area contributed by atoms with Crippen LogP contribution in [-0.4, -0.2) is 24.2 Å². The van der Waals surface area contributed by atoms with E-state index in [1.165, 1.54) is 11.8 Å². The van der Waals surface area contributed by atoms with Gasteiger partial charge in [-0.3, -0.25) is 9.59 Å². The summed E-state index contributed by atoms with van der Waals surface area (Å²) >= 11 is 1.50. The maximum Gasteiger partial charge on any atom is 0.251 e. The molecule has 25 heavy (non-hydrogen) atoms. The van der Waals surface area contributed by atoms with Gasteiger partial charge in [0.25, 0.3) is 5.91 Å². The van der Waals surface area contributed by atoms with Crippen LogP contribution >= 0.6 is 11.8 Å². The van der Waals surface area contributed by atoms with E-state index in [-0.39, 0.29) is 23.1 Å². The molecule has 0 fully saturated rings. The van der Waals surface area contributed by atoms with Gasteiger partial charge in [0.15, 0.2) is 0 Å². The lowest BCUT2D eigenvalue weighted by Crippen LogP contribution is -2.29. The second-order valence-electron chi connectivity index (χ2n) is 5.90. The van der Waals surface area contributed by atoms with Crippen LogP contribution in [0.5, 0.6) is 5.75 Å². The quantitative estimate of drug-likeness (QED) is 0.878. The second-order valence-corrected chi connectivity index (χ2v) is 7.28. The van der Waals surface area contributed by atoms with E-state index in [4.69, 9.17) is 4.74 Å². The van der Waals surface area contributed by atoms with Gasteiger partial charge in [0.1, 0.15) is 5.75 Å². The summed E-state index contributed by atoms with van der Waals surface area (Å²) in [5, 5.41) is 5.70. The highest BCUT2D eigenvalue weighted by atomic mass is 32.2. The first-order valence-corrected chi connectivity index (χ1v) is 8.93. The van der Waals surface area contributed by atoms with Crippen molar-refractivity contribution in [2.45, 2.75) is 30.0 Å². The average molecular weight is 356 g/mol. The van der Waals surface area contributed by atoms with Crippen molar-refractivity contribution in [3.05, 3.63) is 53.6 Å². The Kier molecular flexibility index (Phi) is 4.99. The van der Waals surface area contributed by atoms with Gasteiger partial charge in [-0.2, -0.15) is 0 Å². The smallest absolute Gasteiger partial charge is 0.251 e. The van der Waals surface area contributed by atoms with E-state index in [0.29, 0.717) is 11.3 Å². The maximum absolute atomic E-state index is 12.6. The molecule has 2 aromatic rings. The summed E-state index contributed by atoms with van der Waals surface area (Å²) < 4.78 is 5.35. The molecule has 3 rings (SSSR count). The number of carbonyl (C=O) groups is 2. The Balaban J connectivity index is 1.78. The zero-order valence-electron chi connectivity index (χ0n) is 14.3. The largest absolute Gasteiger partial charge is 0.496 e. The highest BCUT2D eigenvalue weighted by Crippen LogP contribution is 2.36. The first-order chi connectivity index (χ1) is 12.0. The van der Waals surface area contributed by atoms with E-state index in [2.05, 4.69) is 10.6 Å². The lowest BCUT2D eigenvalue weighted by molar-refractivity contribution is -0.115. The summed E-state index contributed by atoms with van der Waals surface area (Å²) in [5.41, 5.74) is 2.11. The van der Waals surface area contributed by atoms with E-state index < -0.39 is 0 Å². The molecule has 0 radical (unpaired) electrons. The molecule has 5 nitrogen and oxygen atoms in total. The van der Waals surface area contributed by atoms with Crippen molar-refractivity contribution in [3.8, 4) is 5.75 Å². The van der Waals surface area contributed by atoms with Gasteiger partial charge >= 0.3 is 0 Å². The molecule has 1 heterocycles. The van der Waals surface area contributed by atoms with E-state index >= 15 is 0 Å². The van der Waals surface area contributed by atoms with Crippen LogP contribution in [0.4, 0.5) is 5.69 Å². The Morgan fingerprint density at radius 2 is 2.04 bits per heavy atom. The molecule has 2 unspecified atom stereocenters. The van der Waals surface area contributed by atoms with Gasteiger partial charge in [-0.15, -0.1) is 11.8 Å². The van der Waals surface area contributed by atoms with Crippen LogP contribution in [-0.2, 0) is 4.79 Å². The van der Waals surface area contributed by atoms with Gasteiger partial charge in [-0.05, 0) is 38.1 Å². The maximum atomic E-state index is 12.6. The van der Waals surface area contributed by atoms with E-state index in [1.807, 2.05) is 44.2 Å². The molecule has 2 aromatic carbocycles. The zero-order chi connectivity index (χ0) is 18.0. The SMILES string of the molecule is COc1ccccc1C(C)NC(=O)c1ccc2c(c1)NC(=O)C(C)S2. The molecule has 0 saturated carbocycles. The first-order valence-electron chi connectivity index (χ1n) is 8.05. The predicted molar refractivity (Wildman–Crippen MR) is 99.3 cm³/mol. The van der Waals surface area contributed by atoms with E-state index in [1.54, 1.807) is 19.2 Å². The number of methoxy groups -OCH3 is 1. The Morgan fingerprint density at radius 3 is 2.80 bits per heavy atom. The molecule has 0 aliphatic carbocycles. The van der Waals surface area contributed by atoms with Crippen LogP contribution in [0.25, 0.3) is 0 Å². The standard InChI is InChI=1S/C19H20N2O3S/c1-11(14-6-4-5-7-16(14)24-3)20-19(23)13-8-9-17-15(10-13)21-18(22)12(2)25-17/h4-12H,1-3H3,(H,20,23)(H,21,22). The highest BCUT2D eigenvalue weighted by Gasteiger charge is 2.24. The Morgan fingerprint density at radius 1 is 1.28 bits per heavy atom. The van der Waals surface area contributed by atoms with Crippen LogP contribution in [0.15, 0.2) is 47.4 Å². The number of hydrogen-bond donors (Lipinski definition) is 2. The number of hydrogen-bond acceptors (Lipinski definition) is 4. The molecule has 1 aliphatic rings. The van der Waals surface area contributed by atoms with E-state index in [0.717, 1.165) is 16.2 Å². The van der Waals surface area contributed by atoms with Crippen LogP contribution in [0.2, 0.25) is 0 Å². The van der Waals surface area contributed by atoms with Gasteiger partial charge in [0, 0.05) is 16.0 Å². The van der Waals surface area contributed by atoms with Crippen molar-refractivity contribution in [1.82, 2.24) is 5.32 Å². The molecule has 6 heteroatoms. The molecule has 0 bridgehead atoms. The number of anilines is 1. The van der Waals surface area contributed by atoms with Crippen molar-refractivity contribution in [3.63, 3.8) is 0 Å². The molecule has 0 aromatic heterocycles. The van der Waals surface area contributed by atoms with E-state index in [9.17, 15) is 9.59 Å². The van der Waals surface area contributed by atoms with Crippen molar-refractivity contribution < 1.29 is 14.3 Å². The van der Waals surface area contributed by atoms with Gasteiger partial charge < -0.3 is 15.4 Å². The monoisotopic (exact) mass is 356 g/mol. The third-order valence-corrected chi connectivity index (χ3v) is 5.30. The molecule has 2 amide bonds. The Bertz CT molecular complexity index is 822. The summed E-state index contributed by atoms with van der Waals surface area (Å²) in [5.74, 6) is 0.495. The molecule has 1 aliphatic heterocycles. The van der Waals surface area contributed by atoms with Crippen molar-refractivity contribution >= 4 is 29.3 Å². The Hall–Kier alpha value is -2.47. The van der Waals surface area contributed by atoms with Crippen molar-refractivity contribution in [2.24, 2.45) is 0 Å². The minimum atomic E-state index is -0.205. The summed E-state index contributed by atoms with van der Waals surface area (Å²) in [7, 11) is 1.61. The average Bonchev–Trinajstić information content (AvgIpc) is 2.62. The van der Waals surface area contributed by atoms with Gasteiger partial charge in [-0.1, -0.05) is 18.2 Å². The molecule has 0 saturated heterocycles. The summed E-state index contributed by atoms with van der Waals surface area (Å²) in [4.78, 5) is 25.4. The van der Waals surface area contributed by atoms with Gasteiger partial charge in [0.2, 0.25) is 5.91 Å². The minimum Gasteiger partial charge on any atom is -0.496 e. The number of ether oxygens (including phenoxy) is 1. The lowest BCUT2D eigenvalue weighted by Gasteiger charge is -2.22. The van der Waals surface area contributed by atoms with Gasteiger partial charge in [0.05, 0.1) is 24.1 Å². The fourth-order valence-electron chi connectivity index (χ4n) is 2.73. The van der Waals surface area contributed by atoms with Crippen LogP contribution in [0.1, 0.15) is 35.8 Å². The zero-order valence-corrected chi connectivity index (χ0v) is 15.1. The number of carbonyl (C=O) groups excluding carboxylic acids is 2. The number of fused-ring (bicyclic) bond motifs is 1. The number of thioether (sulfide) groups is 1. The third kappa shape index (κ3) is 3.64. The molecule has 130 valence electrons.